The van der Waals surface area contributed by atoms with E-state index < -0.39 is 5.41 Å². The molecule has 1 spiro atoms. The maximum Gasteiger partial charge on any atom is 0.238 e. The van der Waals surface area contributed by atoms with Gasteiger partial charge >= 0.3 is 0 Å². The Hall–Kier alpha value is -3.94. The van der Waals surface area contributed by atoms with Crippen molar-refractivity contribution >= 4 is 34.1 Å². The fourth-order valence-corrected chi connectivity index (χ4v) is 5.03. The first-order valence-corrected chi connectivity index (χ1v) is 10.5. The minimum absolute atomic E-state index is 0.162. The number of carbonyl (C=O) groups excluding carboxylic acids is 1. The standard InChI is InChI=1S/C24H22N6O2/c1-13-25-12-20(32-3)22(26-13)27-21-15-9-8-14(10-18(15)28-29-21)17-11-24(17)16-6-4-5-7-19(16)30(2)23(24)31/h4-10,12,17H,11H2,1-3H3,(H2,25,26,27,28,29)/t17-,24-/m0/s1. The van der Waals surface area contributed by atoms with E-state index in [1.165, 1.54) is 0 Å². The van der Waals surface area contributed by atoms with E-state index in [0.717, 1.165) is 34.1 Å². The summed E-state index contributed by atoms with van der Waals surface area (Å²) in [4.78, 5) is 23.5. The number of rotatable bonds is 4. The highest BCUT2D eigenvalue weighted by Crippen LogP contribution is 2.66. The van der Waals surface area contributed by atoms with E-state index >= 15 is 0 Å². The van der Waals surface area contributed by atoms with Gasteiger partial charge in [-0.3, -0.25) is 9.89 Å². The third-order valence-corrected chi connectivity index (χ3v) is 6.71. The number of para-hydroxylation sites is 1. The number of aromatic amines is 1. The highest BCUT2D eigenvalue weighted by atomic mass is 16.5. The monoisotopic (exact) mass is 426 g/mol. The zero-order valence-electron chi connectivity index (χ0n) is 18.0. The van der Waals surface area contributed by atoms with Crippen molar-refractivity contribution in [2.75, 3.05) is 24.4 Å². The highest BCUT2D eigenvalue weighted by Gasteiger charge is 2.66. The second-order valence-corrected chi connectivity index (χ2v) is 8.45. The predicted molar refractivity (Wildman–Crippen MR) is 122 cm³/mol. The Balaban J connectivity index is 1.34. The molecule has 160 valence electrons. The molecule has 0 bridgehead atoms. The Morgan fingerprint density at radius 1 is 1.22 bits per heavy atom. The van der Waals surface area contributed by atoms with Crippen LogP contribution in [0.25, 0.3) is 10.9 Å². The number of aromatic nitrogens is 4. The van der Waals surface area contributed by atoms with Crippen LogP contribution in [0.2, 0.25) is 0 Å². The van der Waals surface area contributed by atoms with Gasteiger partial charge < -0.3 is 15.0 Å². The summed E-state index contributed by atoms with van der Waals surface area (Å²) in [6.45, 7) is 1.82. The van der Waals surface area contributed by atoms with Crippen molar-refractivity contribution in [2.24, 2.45) is 0 Å². The lowest BCUT2D eigenvalue weighted by molar-refractivity contribution is -0.120. The molecular weight excluding hydrogens is 404 g/mol. The van der Waals surface area contributed by atoms with Gasteiger partial charge in [-0.25, -0.2) is 9.97 Å². The number of aryl methyl sites for hydroxylation is 1. The molecule has 32 heavy (non-hydrogen) atoms. The molecule has 8 heteroatoms. The second-order valence-electron chi connectivity index (χ2n) is 8.45. The molecule has 2 N–H and O–H groups in total. The number of nitrogens with one attached hydrogen (secondary N) is 2. The zero-order chi connectivity index (χ0) is 22.0. The number of fused-ring (bicyclic) bond motifs is 3. The van der Waals surface area contributed by atoms with Crippen molar-refractivity contribution in [3.05, 3.63) is 65.6 Å². The topological polar surface area (TPSA) is 96.0 Å². The quantitative estimate of drug-likeness (QED) is 0.515. The van der Waals surface area contributed by atoms with Gasteiger partial charge in [0.1, 0.15) is 5.82 Å². The smallest absolute Gasteiger partial charge is 0.238 e. The lowest BCUT2D eigenvalue weighted by atomic mass is 9.92. The lowest BCUT2D eigenvalue weighted by Crippen LogP contribution is -2.29. The fraction of sp³-hybridized carbons (Fsp3) is 0.250. The first-order chi connectivity index (χ1) is 15.5. The van der Waals surface area contributed by atoms with Crippen molar-refractivity contribution in [1.29, 1.82) is 0 Å². The van der Waals surface area contributed by atoms with Gasteiger partial charge in [0, 0.05) is 24.0 Å². The Labute approximate surface area is 184 Å². The summed E-state index contributed by atoms with van der Waals surface area (Å²) in [7, 11) is 3.45. The number of H-pyrrole nitrogens is 1. The van der Waals surface area contributed by atoms with Crippen LogP contribution in [0.4, 0.5) is 17.3 Å². The average molecular weight is 426 g/mol. The van der Waals surface area contributed by atoms with Gasteiger partial charge in [0.2, 0.25) is 5.91 Å². The lowest BCUT2D eigenvalue weighted by Gasteiger charge is -2.11. The predicted octanol–water partition coefficient (Wildman–Crippen LogP) is 3.82. The van der Waals surface area contributed by atoms with Gasteiger partial charge in [-0.05, 0) is 42.7 Å². The van der Waals surface area contributed by atoms with Crippen LogP contribution in [0.1, 0.15) is 29.3 Å². The fourth-order valence-electron chi connectivity index (χ4n) is 5.03. The molecule has 1 saturated carbocycles. The van der Waals surface area contributed by atoms with E-state index in [9.17, 15) is 4.79 Å². The highest BCUT2D eigenvalue weighted by molar-refractivity contribution is 6.11. The molecule has 1 aliphatic heterocycles. The van der Waals surface area contributed by atoms with E-state index in [2.05, 4.69) is 43.7 Å². The maximum absolute atomic E-state index is 13.2. The summed E-state index contributed by atoms with van der Waals surface area (Å²) in [6.07, 6.45) is 2.47. The summed E-state index contributed by atoms with van der Waals surface area (Å²) in [5, 5.41) is 11.7. The summed E-state index contributed by atoms with van der Waals surface area (Å²) in [5.41, 5.74) is 3.76. The third kappa shape index (κ3) is 2.49. The number of amides is 1. The first kappa shape index (κ1) is 18.8. The number of likely N-dealkylation sites (N-methyl/N-ethyl adjacent to an activating group) is 1. The number of benzene rings is 2. The Morgan fingerprint density at radius 3 is 2.91 bits per heavy atom. The average Bonchev–Trinajstić information content (AvgIpc) is 3.40. The van der Waals surface area contributed by atoms with Crippen molar-refractivity contribution in [3.8, 4) is 5.75 Å². The van der Waals surface area contributed by atoms with E-state index in [-0.39, 0.29) is 11.8 Å². The van der Waals surface area contributed by atoms with E-state index in [1.807, 2.05) is 38.2 Å². The first-order valence-electron chi connectivity index (χ1n) is 10.5. The molecule has 0 saturated heterocycles. The Bertz CT molecular complexity index is 1400. The molecule has 1 amide bonds. The van der Waals surface area contributed by atoms with Gasteiger partial charge in [-0.1, -0.05) is 24.3 Å². The van der Waals surface area contributed by atoms with Gasteiger partial charge in [0.15, 0.2) is 17.4 Å². The maximum atomic E-state index is 13.2. The molecule has 4 aromatic rings. The number of carbonyl (C=O) groups is 1. The summed E-state index contributed by atoms with van der Waals surface area (Å²) < 4.78 is 5.36. The molecule has 2 atom stereocenters. The van der Waals surface area contributed by atoms with Crippen LogP contribution < -0.4 is 15.0 Å². The SMILES string of the molecule is COc1cnc(C)nc1Nc1n[nH]c2cc([C@@H]3C[C@@]34C(=O)N(C)c3ccccc34)ccc12. The molecule has 1 fully saturated rings. The molecule has 3 heterocycles. The Morgan fingerprint density at radius 2 is 2.06 bits per heavy atom. The summed E-state index contributed by atoms with van der Waals surface area (Å²) >= 11 is 0. The summed E-state index contributed by atoms with van der Waals surface area (Å²) in [6, 6.07) is 14.3. The molecule has 2 aromatic heterocycles. The van der Waals surface area contributed by atoms with Crippen LogP contribution in [-0.2, 0) is 10.2 Å². The van der Waals surface area contributed by atoms with Crippen LogP contribution in [0.3, 0.4) is 0 Å². The molecular formula is C24H22N6O2. The minimum atomic E-state index is -0.439. The minimum Gasteiger partial charge on any atom is -0.491 e. The number of ether oxygens (including phenoxy) is 1. The van der Waals surface area contributed by atoms with Crippen LogP contribution >= 0.6 is 0 Å². The van der Waals surface area contributed by atoms with Crippen molar-refractivity contribution < 1.29 is 9.53 Å². The molecule has 1 aliphatic carbocycles. The van der Waals surface area contributed by atoms with Gasteiger partial charge in [0.05, 0.1) is 24.2 Å². The summed E-state index contributed by atoms with van der Waals surface area (Å²) in [5.74, 6) is 2.76. The largest absolute Gasteiger partial charge is 0.491 e. The van der Waals surface area contributed by atoms with Crippen LogP contribution in [-0.4, -0.2) is 40.2 Å². The number of hydrogen-bond acceptors (Lipinski definition) is 6. The van der Waals surface area contributed by atoms with Crippen molar-refractivity contribution in [2.45, 2.75) is 24.7 Å². The van der Waals surface area contributed by atoms with Crippen molar-refractivity contribution in [3.63, 3.8) is 0 Å². The molecule has 0 radical (unpaired) electrons. The van der Waals surface area contributed by atoms with Crippen LogP contribution in [0.15, 0.2) is 48.7 Å². The van der Waals surface area contributed by atoms with E-state index in [0.29, 0.717) is 23.2 Å². The zero-order valence-corrected chi connectivity index (χ0v) is 18.0. The molecule has 0 unspecified atom stereocenters. The van der Waals surface area contributed by atoms with Crippen molar-refractivity contribution in [1.82, 2.24) is 20.2 Å². The number of hydrogen-bond donors (Lipinski definition) is 2. The number of nitrogens with zero attached hydrogens (tertiary/aromatic N) is 4. The van der Waals surface area contributed by atoms with Gasteiger partial charge in [-0.15, -0.1) is 0 Å². The molecule has 8 nitrogen and oxygen atoms in total. The molecule has 2 aromatic carbocycles. The Kier molecular flexibility index (Phi) is 3.83. The normalized spacial score (nSPS) is 21.3. The van der Waals surface area contributed by atoms with E-state index in [1.54, 1.807) is 18.2 Å². The third-order valence-electron chi connectivity index (χ3n) is 6.71. The van der Waals surface area contributed by atoms with Crippen LogP contribution in [0.5, 0.6) is 5.75 Å². The van der Waals surface area contributed by atoms with Gasteiger partial charge in [-0.2, -0.15) is 5.10 Å². The number of anilines is 3. The molecule has 2 aliphatic rings. The second kappa shape index (κ2) is 6.53. The number of methoxy groups -OCH3 is 1. The van der Waals surface area contributed by atoms with E-state index in [4.69, 9.17) is 4.74 Å². The van der Waals surface area contributed by atoms with Gasteiger partial charge in [0.25, 0.3) is 0 Å². The van der Waals surface area contributed by atoms with Crippen LogP contribution in [0, 0.1) is 6.92 Å². The molecule has 6 rings (SSSR count).